The van der Waals surface area contributed by atoms with E-state index in [0.717, 1.165) is 21.4 Å². The number of rotatable bonds is 4. The van der Waals surface area contributed by atoms with Crippen molar-refractivity contribution >= 4 is 64.8 Å². The maximum atomic E-state index is 12.5. The van der Waals surface area contributed by atoms with Crippen molar-refractivity contribution in [1.82, 2.24) is 4.72 Å². The molecule has 0 saturated heterocycles. The fourth-order valence-electron chi connectivity index (χ4n) is 1.77. The Bertz CT molecular complexity index is 735. The lowest BCUT2D eigenvalue weighted by Gasteiger charge is -2.26. The summed E-state index contributed by atoms with van der Waals surface area (Å²) in [6.07, 6.45) is 0. The number of benzene rings is 1. The van der Waals surface area contributed by atoms with Crippen molar-refractivity contribution in [2.75, 3.05) is 0 Å². The highest BCUT2D eigenvalue weighted by Gasteiger charge is 2.29. The van der Waals surface area contributed by atoms with Gasteiger partial charge in [-0.3, -0.25) is 0 Å². The summed E-state index contributed by atoms with van der Waals surface area (Å²) in [5, 5.41) is 0.391. The number of halogens is 3. The first kappa shape index (κ1) is 17.4. The van der Waals surface area contributed by atoms with Gasteiger partial charge >= 0.3 is 0 Å². The van der Waals surface area contributed by atoms with Crippen molar-refractivity contribution in [2.45, 2.75) is 23.6 Å². The molecule has 8 heteroatoms. The van der Waals surface area contributed by atoms with Gasteiger partial charge in [-0.25, -0.2) is 13.1 Å². The van der Waals surface area contributed by atoms with Crippen LogP contribution in [0.5, 0.6) is 0 Å². The summed E-state index contributed by atoms with van der Waals surface area (Å²) in [6.45, 7) is 3.64. The number of sulfonamides is 1. The number of nitrogens with one attached hydrogen (secondary N) is 1. The van der Waals surface area contributed by atoms with E-state index in [1.165, 1.54) is 6.07 Å². The number of thiophene rings is 1. The van der Waals surface area contributed by atoms with Gasteiger partial charge in [0, 0.05) is 4.47 Å². The molecule has 0 unspecified atom stereocenters. The van der Waals surface area contributed by atoms with Crippen LogP contribution < -0.4 is 4.72 Å². The van der Waals surface area contributed by atoms with Gasteiger partial charge in [0.05, 0.1) is 14.3 Å². The highest BCUT2D eigenvalue weighted by atomic mass is 79.9. The van der Waals surface area contributed by atoms with Crippen molar-refractivity contribution < 1.29 is 8.42 Å². The predicted octanol–water partition coefficient (Wildman–Crippen LogP) is 5.14. The molecule has 3 nitrogen and oxygen atoms in total. The van der Waals surface area contributed by atoms with Gasteiger partial charge in [-0.05, 0) is 53.5 Å². The van der Waals surface area contributed by atoms with Crippen molar-refractivity contribution in [3.05, 3.63) is 49.2 Å². The summed E-state index contributed by atoms with van der Waals surface area (Å²) in [5.41, 5.74) is 0.138. The maximum absolute atomic E-state index is 12.5. The topological polar surface area (TPSA) is 46.2 Å². The molecular weight excluding hydrogens is 462 g/mol. The monoisotopic (exact) mass is 471 g/mol. The summed E-state index contributed by atoms with van der Waals surface area (Å²) < 4.78 is 29.4. The van der Waals surface area contributed by atoms with Crippen molar-refractivity contribution in [1.29, 1.82) is 0 Å². The third kappa shape index (κ3) is 4.09. The summed E-state index contributed by atoms with van der Waals surface area (Å²) in [5.74, 6) is 0. The molecule has 0 spiro atoms. The van der Waals surface area contributed by atoms with Crippen LogP contribution >= 0.6 is 54.8 Å². The van der Waals surface area contributed by atoms with Crippen LogP contribution in [0.2, 0.25) is 5.02 Å². The van der Waals surface area contributed by atoms with E-state index in [1.807, 2.05) is 38.1 Å². The van der Waals surface area contributed by atoms with Crippen LogP contribution in [0, 0.1) is 0 Å². The molecule has 2 aromatic rings. The molecule has 0 aliphatic heterocycles. The first-order valence-electron chi connectivity index (χ1n) is 5.87. The second-order valence-electron chi connectivity index (χ2n) is 4.92. The first-order chi connectivity index (χ1) is 9.62. The van der Waals surface area contributed by atoms with E-state index >= 15 is 0 Å². The number of hydrogen-bond acceptors (Lipinski definition) is 3. The zero-order chi connectivity index (χ0) is 15.8. The van der Waals surface area contributed by atoms with E-state index in [0.29, 0.717) is 8.81 Å². The van der Waals surface area contributed by atoms with E-state index in [9.17, 15) is 8.42 Å². The van der Waals surface area contributed by atoms with Crippen LogP contribution in [-0.4, -0.2) is 8.42 Å². The summed E-state index contributed by atoms with van der Waals surface area (Å²) in [4.78, 5) is 0. The van der Waals surface area contributed by atoms with Gasteiger partial charge in [0.1, 0.15) is 4.21 Å². The second kappa shape index (κ2) is 6.29. The van der Waals surface area contributed by atoms with Crippen LogP contribution in [0.15, 0.2) is 42.8 Å². The molecule has 1 aromatic heterocycles. The van der Waals surface area contributed by atoms with Gasteiger partial charge < -0.3 is 0 Å². The summed E-state index contributed by atoms with van der Waals surface area (Å²) >= 11 is 13.6. The third-order valence-corrected chi connectivity index (χ3v) is 7.98. The molecule has 0 saturated carbocycles. The van der Waals surface area contributed by atoms with E-state index in [2.05, 4.69) is 36.6 Å². The standard InChI is InChI=1S/C13H12Br2ClNO2S2/c1-13(2,8-3-5-9(14)6-4-8)17-21(18,19)11-7-10(16)12(15)20-11/h3-7,17H,1-2H3. The Labute approximate surface area is 150 Å². The van der Waals surface area contributed by atoms with E-state index in [1.54, 1.807) is 0 Å². The lowest BCUT2D eigenvalue weighted by atomic mass is 9.96. The molecule has 1 heterocycles. The lowest BCUT2D eigenvalue weighted by molar-refractivity contribution is 0.473. The molecule has 2 rings (SSSR count). The molecule has 114 valence electrons. The number of hydrogen-bond donors (Lipinski definition) is 1. The normalized spacial score (nSPS) is 12.6. The van der Waals surface area contributed by atoms with E-state index in [-0.39, 0.29) is 4.21 Å². The Morgan fingerprint density at radius 3 is 2.24 bits per heavy atom. The zero-order valence-electron chi connectivity index (χ0n) is 11.2. The van der Waals surface area contributed by atoms with E-state index < -0.39 is 15.6 Å². The van der Waals surface area contributed by atoms with Crippen molar-refractivity contribution in [3.63, 3.8) is 0 Å². The van der Waals surface area contributed by atoms with Crippen LogP contribution in [0.4, 0.5) is 0 Å². The SMILES string of the molecule is CC(C)(NS(=O)(=O)c1cc(Cl)c(Br)s1)c1ccc(Br)cc1. The molecule has 1 aromatic carbocycles. The molecular formula is C13H12Br2ClNO2S2. The van der Waals surface area contributed by atoms with Crippen LogP contribution in [-0.2, 0) is 15.6 Å². The van der Waals surface area contributed by atoms with Crippen molar-refractivity contribution in [3.8, 4) is 0 Å². The zero-order valence-corrected chi connectivity index (χ0v) is 16.7. The van der Waals surface area contributed by atoms with Gasteiger partial charge in [-0.15, -0.1) is 11.3 Å². The van der Waals surface area contributed by atoms with Crippen LogP contribution in [0.25, 0.3) is 0 Å². The molecule has 0 radical (unpaired) electrons. The first-order valence-corrected chi connectivity index (χ1v) is 10.1. The van der Waals surface area contributed by atoms with Gasteiger partial charge in [0.2, 0.25) is 0 Å². The predicted molar refractivity (Wildman–Crippen MR) is 94.5 cm³/mol. The maximum Gasteiger partial charge on any atom is 0.250 e. The van der Waals surface area contributed by atoms with Crippen LogP contribution in [0.3, 0.4) is 0 Å². The van der Waals surface area contributed by atoms with Crippen molar-refractivity contribution in [2.24, 2.45) is 0 Å². The Hall–Kier alpha value is 0.0800. The average molecular weight is 474 g/mol. The Morgan fingerprint density at radius 2 is 1.76 bits per heavy atom. The largest absolute Gasteiger partial charge is 0.250 e. The van der Waals surface area contributed by atoms with Gasteiger partial charge in [-0.2, -0.15) is 0 Å². The Morgan fingerprint density at radius 1 is 1.19 bits per heavy atom. The minimum atomic E-state index is -3.64. The molecule has 1 N–H and O–H groups in total. The quantitative estimate of drug-likeness (QED) is 0.668. The van der Waals surface area contributed by atoms with E-state index in [4.69, 9.17) is 11.6 Å². The fraction of sp³-hybridized carbons (Fsp3) is 0.231. The third-order valence-electron chi connectivity index (χ3n) is 2.84. The highest BCUT2D eigenvalue weighted by molar-refractivity contribution is 9.11. The summed E-state index contributed by atoms with van der Waals surface area (Å²) in [6, 6.07) is 8.96. The van der Waals surface area contributed by atoms with Crippen LogP contribution in [0.1, 0.15) is 19.4 Å². The minimum absolute atomic E-state index is 0.185. The van der Waals surface area contributed by atoms with Gasteiger partial charge in [0.15, 0.2) is 0 Å². The molecule has 0 aliphatic rings. The summed E-state index contributed by atoms with van der Waals surface area (Å²) in [7, 11) is -3.64. The van der Waals surface area contributed by atoms with Gasteiger partial charge in [0.25, 0.3) is 10.0 Å². The molecule has 0 atom stereocenters. The minimum Gasteiger partial charge on any atom is -0.206 e. The molecule has 0 amide bonds. The molecule has 0 bridgehead atoms. The Balaban J connectivity index is 2.32. The molecule has 21 heavy (non-hydrogen) atoms. The molecule has 0 aliphatic carbocycles. The lowest BCUT2D eigenvalue weighted by Crippen LogP contribution is -2.40. The second-order valence-corrected chi connectivity index (χ2v) is 10.5. The average Bonchev–Trinajstić information content (AvgIpc) is 2.70. The smallest absolute Gasteiger partial charge is 0.206 e. The Kier molecular flexibility index (Phi) is 5.23. The molecule has 0 fully saturated rings. The van der Waals surface area contributed by atoms with Gasteiger partial charge in [-0.1, -0.05) is 39.7 Å². The highest BCUT2D eigenvalue weighted by Crippen LogP contribution is 2.35. The fourth-order valence-corrected chi connectivity index (χ4v) is 5.84.